The Morgan fingerprint density at radius 3 is 2.76 bits per heavy atom. The molecule has 1 aromatic rings. The van der Waals surface area contributed by atoms with Crippen molar-refractivity contribution >= 4 is 17.5 Å². The molecule has 4 nitrogen and oxygen atoms in total. The zero-order chi connectivity index (χ0) is 14.8. The third kappa shape index (κ3) is 3.09. The van der Waals surface area contributed by atoms with Crippen LogP contribution in [0.5, 0.6) is 0 Å². The lowest BCUT2D eigenvalue weighted by Gasteiger charge is -2.20. The highest BCUT2D eigenvalue weighted by Gasteiger charge is 2.40. The number of nitrogens with one attached hydrogen (secondary N) is 2. The van der Waals surface area contributed by atoms with E-state index in [-0.39, 0.29) is 11.8 Å². The maximum absolute atomic E-state index is 12.2. The average molecular weight is 286 g/mol. The van der Waals surface area contributed by atoms with Crippen LogP contribution in [0.4, 0.5) is 5.69 Å². The predicted octanol–water partition coefficient (Wildman–Crippen LogP) is 2.81. The predicted molar refractivity (Wildman–Crippen MR) is 82.0 cm³/mol. The molecular formula is C17H22N2O2. The number of hydrogen-bond donors (Lipinski definition) is 2. The molecule has 21 heavy (non-hydrogen) atoms. The van der Waals surface area contributed by atoms with Crippen molar-refractivity contribution in [2.24, 2.45) is 17.8 Å². The van der Waals surface area contributed by atoms with Gasteiger partial charge in [0.2, 0.25) is 5.91 Å². The fourth-order valence-electron chi connectivity index (χ4n) is 3.96. The highest BCUT2D eigenvalue weighted by atomic mass is 16.2. The standard InChI is InChI=1S/C17H22N2O2/c1-18-17(21)13-3-2-4-15(9-13)19-16(20)10-14-8-11-5-6-12(14)7-11/h2-4,9,11-12,14H,5-8,10H2,1H3,(H,18,21)(H,19,20)/t11-,12-,14+/m0/s1. The summed E-state index contributed by atoms with van der Waals surface area (Å²) in [5.41, 5.74) is 1.26. The van der Waals surface area contributed by atoms with Crippen LogP contribution in [0, 0.1) is 17.8 Å². The van der Waals surface area contributed by atoms with E-state index in [0.717, 1.165) is 11.8 Å². The molecular weight excluding hydrogens is 264 g/mol. The van der Waals surface area contributed by atoms with Crippen molar-refractivity contribution in [3.8, 4) is 0 Å². The highest BCUT2D eigenvalue weighted by molar-refractivity contribution is 5.97. The van der Waals surface area contributed by atoms with Crippen LogP contribution in [0.3, 0.4) is 0 Å². The van der Waals surface area contributed by atoms with E-state index in [1.54, 1.807) is 25.2 Å². The summed E-state index contributed by atoms with van der Waals surface area (Å²) in [7, 11) is 1.60. The van der Waals surface area contributed by atoms with Crippen molar-refractivity contribution in [3.63, 3.8) is 0 Å². The summed E-state index contributed by atoms with van der Waals surface area (Å²) in [5, 5.41) is 5.52. The minimum atomic E-state index is -0.140. The molecule has 2 aliphatic carbocycles. The SMILES string of the molecule is CNC(=O)c1cccc(NC(=O)C[C@H]2C[C@H]3CC[C@H]2C3)c1. The van der Waals surface area contributed by atoms with Gasteiger partial charge in [0.05, 0.1) is 0 Å². The van der Waals surface area contributed by atoms with Crippen LogP contribution in [-0.4, -0.2) is 18.9 Å². The topological polar surface area (TPSA) is 58.2 Å². The lowest BCUT2D eigenvalue weighted by molar-refractivity contribution is -0.117. The fourth-order valence-corrected chi connectivity index (χ4v) is 3.96. The van der Waals surface area contributed by atoms with Crippen molar-refractivity contribution in [1.29, 1.82) is 0 Å². The Morgan fingerprint density at radius 1 is 1.24 bits per heavy atom. The molecule has 2 N–H and O–H groups in total. The third-order valence-corrected chi connectivity index (χ3v) is 4.97. The summed E-state index contributed by atoms with van der Waals surface area (Å²) in [4.78, 5) is 23.8. The Bertz CT molecular complexity index is 555. The minimum absolute atomic E-state index is 0.0709. The van der Waals surface area contributed by atoms with Gasteiger partial charge < -0.3 is 10.6 Å². The maximum atomic E-state index is 12.2. The summed E-state index contributed by atoms with van der Waals surface area (Å²) < 4.78 is 0. The van der Waals surface area contributed by atoms with Crippen LogP contribution in [0.15, 0.2) is 24.3 Å². The first kappa shape index (κ1) is 14.1. The van der Waals surface area contributed by atoms with Gasteiger partial charge in [-0.3, -0.25) is 9.59 Å². The molecule has 0 aromatic heterocycles. The Kier molecular flexibility index (Phi) is 3.95. The Morgan fingerprint density at radius 2 is 2.10 bits per heavy atom. The fraction of sp³-hybridized carbons (Fsp3) is 0.529. The molecule has 2 fully saturated rings. The van der Waals surface area contributed by atoms with Gasteiger partial charge in [0.1, 0.15) is 0 Å². The second-order valence-electron chi connectivity index (χ2n) is 6.35. The Balaban J connectivity index is 1.58. The summed E-state index contributed by atoms with van der Waals surface area (Å²) in [6.45, 7) is 0. The number of amides is 2. The zero-order valence-electron chi connectivity index (χ0n) is 12.4. The Hall–Kier alpha value is -1.84. The molecule has 0 saturated heterocycles. The van der Waals surface area contributed by atoms with Crippen LogP contribution in [-0.2, 0) is 4.79 Å². The number of fused-ring (bicyclic) bond motifs is 2. The van der Waals surface area contributed by atoms with E-state index in [1.165, 1.54) is 25.7 Å². The first-order chi connectivity index (χ1) is 10.2. The van der Waals surface area contributed by atoms with Gasteiger partial charge in [-0.05, 0) is 55.2 Å². The summed E-state index contributed by atoms with van der Waals surface area (Å²) in [6.07, 6.45) is 5.82. The van der Waals surface area contributed by atoms with Crippen LogP contribution in [0.1, 0.15) is 42.5 Å². The van der Waals surface area contributed by atoms with Crippen LogP contribution < -0.4 is 10.6 Å². The van der Waals surface area contributed by atoms with E-state index >= 15 is 0 Å². The number of benzene rings is 1. The highest BCUT2D eigenvalue weighted by Crippen LogP contribution is 2.49. The van der Waals surface area contributed by atoms with Crippen LogP contribution in [0.25, 0.3) is 0 Å². The number of rotatable bonds is 4. The molecule has 1 aromatic carbocycles. The van der Waals surface area contributed by atoms with E-state index < -0.39 is 0 Å². The molecule has 2 amide bonds. The van der Waals surface area contributed by atoms with Gasteiger partial charge in [0.25, 0.3) is 5.91 Å². The molecule has 2 saturated carbocycles. The average Bonchev–Trinajstić information content (AvgIpc) is 3.09. The van der Waals surface area contributed by atoms with E-state index in [4.69, 9.17) is 0 Å². The van der Waals surface area contributed by atoms with Gasteiger partial charge >= 0.3 is 0 Å². The second kappa shape index (κ2) is 5.88. The van der Waals surface area contributed by atoms with Gasteiger partial charge in [0.15, 0.2) is 0 Å². The lowest BCUT2D eigenvalue weighted by Crippen LogP contribution is -2.21. The zero-order valence-corrected chi connectivity index (χ0v) is 12.4. The van der Waals surface area contributed by atoms with Crippen LogP contribution in [0.2, 0.25) is 0 Å². The van der Waals surface area contributed by atoms with Crippen molar-refractivity contribution < 1.29 is 9.59 Å². The Labute approximate surface area is 125 Å². The molecule has 2 aliphatic rings. The van der Waals surface area contributed by atoms with Crippen molar-refractivity contribution in [3.05, 3.63) is 29.8 Å². The normalized spacial score (nSPS) is 26.6. The summed E-state index contributed by atoms with van der Waals surface area (Å²) in [5.74, 6) is 2.12. The van der Waals surface area contributed by atoms with Crippen molar-refractivity contribution in [1.82, 2.24) is 5.32 Å². The quantitative estimate of drug-likeness (QED) is 0.894. The monoisotopic (exact) mass is 286 g/mol. The van der Waals surface area contributed by atoms with Gasteiger partial charge in [-0.15, -0.1) is 0 Å². The van der Waals surface area contributed by atoms with Crippen LogP contribution >= 0.6 is 0 Å². The molecule has 0 radical (unpaired) electrons. The number of carbonyl (C=O) groups is 2. The number of hydrogen-bond acceptors (Lipinski definition) is 2. The lowest BCUT2D eigenvalue weighted by atomic mass is 9.86. The first-order valence-corrected chi connectivity index (χ1v) is 7.77. The van der Waals surface area contributed by atoms with Crippen molar-refractivity contribution in [2.45, 2.75) is 32.1 Å². The van der Waals surface area contributed by atoms with Gasteiger partial charge in [-0.1, -0.05) is 12.5 Å². The second-order valence-corrected chi connectivity index (χ2v) is 6.35. The van der Waals surface area contributed by atoms with E-state index in [2.05, 4.69) is 10.6 Å². The number of carbonyl (C=O) groups excluding carboxylic acids is 2. The molecule has 0 heterocycles. The summed E-state index contributed by atoms with van der Waals surface area (Å²) >= 11 is 0. The van der Waals surface area contributed by atoms with E-state index in [0.29, 0.717) is 23.6 Å². The van der Waals surface area contributed by atoms with E-state index in [9.17, 15) is 9.59 Å². The molecule has 112 valence electrons. The molecule has 2 bridgehead atoms. The van der Waals surface area contributed by atoms with Crippen molar-refractivity contribution in [2.75, 3.05) is 12.4 Å². The molecule has 0 unspecified atom stereocenters. The smallest absolute Gasteiger partial charge is 0.251 e. The molecule has 0 spiro atoms. The third-order valence-electron chi connectivity index (χ3n) is 4.97. The van der Waals surface area contributed by atoms with Gasteiger partial charge in [-0.2, -0.15) is 0 Å². The molecule has 3 atom stereocenters. The molecule has 4 heteroatoms. The van der Waals surface area contributed by atoms with E-state index in [1.807, 2.05) is 6.07 Å². The first-order valence-electron chi connectivity index (χ1n) is 7.77. The number of anilines is 1. The van der Waals surface area contributed by atoms with Gasteiger partial charge in [-0.25, -0.2) is 0 Å². The van der Waals surface area contributed by atoms with Gasteiger partial charge in [0, 0.05) is 24.7 Å². The molecule has 0 aliphatic heterocycles. The maximum Gasteiger partial charge on any atom is 0.251 e. The molecule has 3 rings (SSSR count). The largest absolute Gasteiger partial charge is 0.355 e. The minimum Gasteiger partial charge on any atom is -0.355 e. The summed E-state index contributed by atoms with van der Waals surface area (Å²) in [6, 6.07) is 7.07.